The largest absolute Gasteiger partial charge is 0.348 e. The van der Waals surface area contributed by atoms with E-state index in [2.05, 4.69) is 51.8 Å². The molecule has 4 atom stereocenters. The van der Waals surface area contributed by atoms with Crippen molar-refractivity contribution in [1.82, 2.24) is 25.0 Å². The number of rotatable bonds is 8. The van der Waals surface area contributed by atoms with Crippen molar-refractivity contribution in [2.24, 2.45) is 5.92 Å². The summed E-state index contributed by atoms with van der Waals surface area (Å²) in [6.07, 6.45) is 5.67. The molecule has 9 heteroatoms. The van der Waals surface area contributed by atoms with E-state index >= 15 is 0 Å². The summed E-state index contributed by atoms with van der Waals surface area (Å²) in [6, 6.07) is 5.55. The first-order valence-electron chi connectivity index (χ1n) is 13.6. The van der Waals surface area contributed by atoms with Gasteiger partial charge in [0.05, 0.1) is 6.04 Å². The quantitative estimate of drug-likeness (QED) is 0.464. The lowest BCUT2D eigenvalue weighted by Crippen LogP contribution is -2.45. The maximum atomic E-state index is 13.6. The van der Waals surface area contributed by atoms with Crippen molar-refractivity contribution in [3.63, 3.8) is 0 Å². The van der Waals surface area contributed by atoms with E-state index in [-0.39, 0.29) is 43.6 Å². The standard InChI is InChI=1S/C27H39F2N5OS/c1-17(2)25-32-31-18(3)34(25)22-15-20-6-7-21(16-22)33(20)13-10-23(24-5-4-14-36-24)30-26(35)19-8-11-27(28,29)12-9-19/h4-5,14,17,19-23H,6-13,15-16H2,1-3H3,(H,30,35)/t20-,21+,22?,23-/m0/s1. The number of aryl methyl sites for hydroxylation is 1. The van der Waals surface area contributed by atoms with Gasteiger partial charge in [0.25, 0.3) is 0 Å². The van der Waals surface area contributed by atoms with Crippen LogP contribution in [0.4, 0.5) is 8.78 Å². The maximum Gasteiger partial charge on any atom is 0.248 e. The molecule has 2 bridgehead atoms. The molecule has 2 saturated heterocycles. The van der Waals surface area contributed by atoms with Gasteiger partial charge in [-0.1, -0.05) is 19.9 Å². The highest BCUT2D eigenvalue weighted by atomic mass is 32.1. The second-order valence-corrected chi connectivity index (χ2v) is 12.4. The third kappa shape index (κ3) is 5.37. The topological polar surface area (TPSA) is 63.1 Å². The van der Waals surface area contributed by atoms with E-state index in [0.29, 0.717) is 24.0 Å². The van der Waals surface area contributed by atoms with Crippen molar-refractivity contribution in [3.05, 3.63) is 34.0 Å². The number of thiophene rings is 1. The van der Waals surface area contributed by atoms with E-state index in [4.69, 9.17) is 0 Å². The molecule has 0 aromatic carbocycles. The molecule has 0 radical (unpaired) electrons. The van der Waals surface area contributed by atoms with Crippen LogP contribution in [0.25, 0.3) is 0 Å². The molecule has 1 N–H and O–H groups in total. The number of aromatic nitrogens is 3. The minimum atomic E-state index is -2.61. The summed E-state index contributed by atoms with van der Waals surface area (Å²) in [5, 5.41) is 14.1. The first-order valence-corrected chi connectivity index (χ1v) is 14.5. The van der Waals surface area contributed by atoms with Crippen LogP contribution in [0, 0.1) is 12.8 Å². The summed E-state index contributed by atoms with van der Waals surface area (Å²) in [4.78, 5) is 16.8. The lowest BCUT2D eigenvalue weighted by atomic mass is 9.86. The fourth-order valence-corrected chi connectivity index (χ4v) is 7.51. The number of alkyl halides is 2. The van der Waals surface area contributed by atoms with E-state index in [0.717, 1.165) is 42.3 Å². The van der Waals surface area contributed by atoms with E-state index in [1.54, 1.807) is 11.3 Å². The summed E-state index contributed by atoms with van der Waals surface area (Å²) in [7, 11) is 0. The van der Waals surface area contributed by atoms with Gasteiger partial charge in [-0.15, -0.1) is 21.5 Å². The van der Waals surface area contributed by atoms with Crippen LogP contribution in [0.2, 0.25) is 0 Å². The van der Waals surface area contributed by atoms with E-state index in [1.807, 2.05) is 11.4 Å². The number of amides is 1. The van der Waals surface area contributed by atoms with Crippen molar-refractivity contribution in [1.29, 1.82) is 0 Å². The van der Waals surface area contributed by atoms with Gasteiger partial charge in [0.1, 0.15) is 11.6 Å². The number of piperidine rings is 1. The van der Waals surface area contributed by atoms with Gasteiger partial charge in [-0.05, 0) is 63.3 Å². The average Bonchev–Trinajstić information content (AvgIpc) is 3.55. The Morgan fingerprint density at radius 2 is 1.83 bits per heavy atom. The Balaban J connectivity index is 1.22. The number of hydrogen-bond donors (Lipinski definition) is 1. The highest BCUT2D eigenvalue weighted by molar-refractivity contribution is 7.10. The molecule has 1 unspecified atom stereocenters. The molecule has 1 amide bonds. The number of fused-ring (bicyclic) bond motifs is 2. The van der Waals surface area contributed by atoms with Crippen molar-refractivity contribution in [2.75, 3.05) is 6.54 Å². The van der Waals surface area contributed by atoms with Crippen molar-refractivity contribution >= 4 is 17.2 Å². The predicted octanol–water partition coefficient (Wildman–Crippen LogP) is 6.01. The second kappa shape index (κ2) is 10.5. The zero-order valence-corrected chi connectivity index (χ0v) is 22.4. The van der Waals surface area contributed by atoms with Gasteiger partial charge in [0, 0.05) is 54.2 Å². The monoisotopic (exact) mass is 519 g/mol. The molecule has 3 fully saturated rings. The predicted molar refractivity (Wildman–Crippen MR) is 137 cm³/mol. The Bertz CT molecular complexity index is 1020. The Morgan fingerprint density at radius 3 is 2.44 bits per heavy atom. The molecule has 1 aliphatic carbocycles. The number of carbonyl (C=O) groups is 1. The summed E-state index contributed by atoms with van der Waals surface area (Å²) < 4.78 is 29.6. The zero-order chi connectivity index (χ0) is 25.4. The Hall–Kier alpha value is -1.87. The average molecular weight is 520 g/mol. The third-order valence-corrected chi connectivity index (χ3v) is 9.59. The van der Waals surface area contributed by atoms with Crippen LogP contribution in [-0.4, -0.2) is 50.1 Å². The number of nitrogens with zero attached hydrogens (tertiary/aromatic N) is 4. The van der Waals surface area contributed by atoms with Gasteiger partial charge in [0.2, 0.25) is 11.8 Å². The molecular formula is C27H39F2N5OS. The van der Waals surface area contributed by atoms with E-state index in [1.165, 1.54) is 12.8 Å². The Kier molecular flexibility index (Phi) is 7.50. The Morgan fingerprint density at radius 1 is 1.14 bits per heavy atom. The normalized spacial score (nSPS) is 27.4. The van der Waals surface area contributed by atoms with Gasteiger partial charge in [0.15, 0.2) is 0 Å². The van der Waals surface area contributed by atoms with Crippen LogP contribution < -0.4 is 5.32 Å². The molecule has 4 heterocycles. The van der Waals surface area contributed by atoms with Crippen LogP contribution in [0.15, 0.2) is 17.5 Å². The van der Waals surface area contributed by atoms with Crippen molar-refractivity contribution in [2.45, 2.75) is 115 Å². The van der Waals surface area contributed by atoms with Gasteiger partial charge in [-0.2, -0.15) is 0 Å². The number of carbonyl (C=O) groups excluding carboxylic acids is 1. The maximum absolute atomic E-state index is 13.6. The number of nitrogens with one attached hydrogen (secondary N) is 1. The first-order chi connectivity index (χ1) is 17.2. The zero-order valence-electron chi connectivity index (χ0n) is 21.6. The van der Waals surface area contributed by atoms with Crippen LogP contribution >= 0.6 is 11.3 Å². The van der Waals surface area contributed by atoms with Crippen LogP contribution in [0.5, 0.6) is 0 Å². The number of halogens is 2. The third-order valence-electron chi connectivity index (χ3n) is 8.60. The van der Waals surface area contributed by atoms with E-state index < -0.39 is 5.92 Å². The summed E-state index contributed by atoms with van der Waals surface area (Å²) >= 11 is 1.66. The fraction of sp³-hybridized carbons (Fsp3) is 0.741. The highest BCUT2D eigenvalue weighted by Crippen LogP contribution is 2.43. The molecule has 5 rings (SSSR count). The second-order valence-electron chi connectivity index (χ2n) is 11.4. The minimum absolute atomic E-state index is 0.0603. The number of hydrogen-bond acceptors (Lipinski definition) is 5. The summed E-state index contributed by atoms with van der Waals surface area (Å²) in [5.41, 5.74) is 0. The van der Waals surface area contributed by atoms with Crippen LogP contribution in [-0.2, 0) is 4.79 Å². The van der Waals surface area contributed by atoms with Crippen LogP contribution in [0.3, 0.4) is 0 Å². The highest BCUT2D eigenvalue weighted by Gasteiger charge is 2.42. The molecule has 0 spiro atoms. The fourth-order valence-electron chi connectivity index (χ4n) is 6.70. The first kappa shape index (κ1) is 25.8. The molecule has 2 aromatic heterocycles. The molecule has 6 nitrogen and oxygen atoms in total. The molecule has 2 aromatic rings. The Labute approximate surface area is 216 Å². The van der Waals surface area contributed by atoms with Gasteiger partial charge >= 0.3 is 0 Å². The smallest absolute Gasteiger partial charge is 0.248 e. The summed E-state index contributed by atoms with van der Waals surface area (Å²) in [6.45, 7) is 7.36. The lowest BCUT2D eigenvalue weighted by Gasteiger charge is -2.40. The molecule has 1 saturated carbocycles. The minimum Gasteiger partial charge on any atom is -0.348 e. The van der Waals surface area contributed by atoms with Gasteiger partial charge < -0.3 is 9.88 Å². The van der Waals surface area contributed by atoms with E-state index in [9.17, 15) is 13.6 Å². The van der Waals surface area contributed by atoms with Crippen LogP contribution in [0.1, 0.15) is 106 Å². The molecule has 2 aliphatic heterocycles. The molecule has 198 valence electrons. The van der Waals surface area contributed by atoms with Gasteiger partial charge in [-0.3, -0.25) is 9.69 Å². The lowest BCUT2D eigenvalue weighted by molar-refractivity contribution is -0.130. The van der Waals surface area contributed by atoms with Gasteiger partial charge in [-0.25, -0.2) is 8.78 Å². The molecular weight excluding hydrogens is 480 g/mol. The van der Waals surface area contributed by atoms with Crippen molar-refractivity contribution < 1.29 is 13.6 Å². The molecule has 3 aliphatic rings. The SMILES string of the molecule is Cc1nnc(C(C)C)n1C1C[C@H]2CC[C@@H](C1)N2CC[C@H](NC(=O)C1CCC(F)(F)CC1)c1cccs1. The molecule has 36 heavy (non-hydrogen) atoms. The van der Waals surface area contributed by atoms with Crippen molar-refractivity contribution in [3.8, 4) is 0 Å². The summed E-state index contributed by atoms with van der Waals surface area (Å²) in [5.74, 6) is -0.524.